The van der Waals surface area contributed by atoms with Crippen LogP contribution in [0, 0.1) is 0 Å². The number of hydrogen-bond acceptors (Lipinski definition) is 7. The molecular formula is C29H28N4O3S. The van der Waals surface area contributed by atoms with Crippen molar-refractivity contribution in [2.75, 3.05) is 25.5 Å². The van der Waals surface area contributed by atoms with Crippen LogP contribution in [-0.2, 0) is 16.1 Å². The Balaban J connectivity index is 1.57. The molecule has 1 atom stereocenters. The van der Waals surface area contributed by atoms with Gasteiger partial charge in [0.2, 0.25) is 5.91 Å². The first-order valence-corrected chi connectivity index (χ1v) is 13.1. The molecule has 0 bridgehead atoms. The minimum atomic E-state index is -0.631. The maximum atomic E-state index is 13.3. The number of esters is 1. The van der Waals surface area contributed by atoms with Crippen LogP contribution in [0.3, 0.4) is 0 Å². The summed E-state index contributed by atoms with van der Waals surface area (Å²) >= 11 is 1.57. The van der Waals surface area contributed by atoms with Gasteiger partial charge < -0.3 is 10.1 Å². The van der Waals surface area contributed by atoms with Crippen molar-refractivity contribution >= 4 is 50.5 Å². The van der Waals surface area contributed by atoms with E-state index in [1.807, 2.05) is 35.8 Å². The van der Waals surface area contributed by atoms with Crippen molar-refractivity contribution in [3.05, 3.63) is 88.4 Å². The van der Waals surface area contributed by atoms with Gasteiger partial charge in [0.05, 0.1) is 39.8 Å². The van der Waals surface area contributed by atoms with Crippen molar-refractivity contribution in [2.45, 2.75) is 26.3 Å². The minimum Gasteiger partial charge on any atom is -0.465 e. The summed E-state index contributed by atoms with van der Waals surface area (Å²) in [6.07, 6.45) is 0. The molecule has 3 aromatic carbocycles. The highest BCUT2D eigenvalue weighted by Crippen LogP contribution is 2.37. The molecule has 7 nitrogen and oxygen atoms in total. The molecule has 0 fully saturated rings. The van der Waals surface area contributed by atoms with Gasteiger partial charge in [0.25, 0.3) is 0 Å². The van der Waals surface area contributed by atoms with Crippen molar-refractivity contribution in [1.82, 2.24) is 9.88 Å². The Bertz CT molecular complexity index is 1490. The molecule has 2 heterocycles. The van der Waals surface area contributed by atoms with Gasteiger partial charge >= 0.3 is 5.97 Å². The quantitative estimate of drug-likeness (QED) is 0.239. The number of benzene rings is 3. The van der Waals surface area contributed by atoms with Gasteiger partial charge in [-0.15, -0.1) is 11.3 Å². The second kappa shape index (κ2) is 10.6. The number of hydrogen-bond donors (Lipinski definition) is 1. The lowest BCUT2D eigenvalue weighted by Crippen LogP contribution is -2.22. The van der Waals surface area contributed by atoms with E-state index in [4.69, 9.17) is 9.73 Å². The number of methoxy groups -OCH3 is 1. The molecule has 188 valence electrons. The number of carbonyl (C=O) groups is 2. The van der Waals surface area contributed by atoms with Gasteiger partial charge in [0, 0.05) is 12.2 Å². The molecule has 1 aromatic heterocycles. The number of carbonyl (C=O) groups excluding carboxylic acids is 2. The van der Waals surface area contributed by atoms with Gasteiger partial charge in [-0.3, -0.25) is 14.7 Å². The summed E-state index contributed by atoms with van der Waals surface area (Å²) in [5.41, 5.74) is 7.87. The largest absolute Gasteiger partial charge is 0.465 e. The SMILES string of the molecule is CCN(CC)Cc1ccc(N=C(c2ccc3scnc3c2)C2C(=O)Nc3cc(C(=O)OC)ccc32)cc1. The zero-order valence-corrected chi connectivity index (χ0v) is 21.8. The van der Waals surface area contributed by atoms with Gasteiger partial charge in [-0.05, 0) is 66.2 Å². The second-order valence-electron chi connectivity index (χ2n) is 8.88. The van der Waals surface area contributed by atoms with Crippen LogP contribution in [0.25, 0.3) is 10.2 Å². The molecule has 8 heteroatoms. The highest BCUT2D eigenvalue weighted by molar-refractivity contribution is 7.16. The minimum absolute atomic E-state index is 0.188. The average molecular weight is 513 g/mol. The van der Waals surface area contributed by atoms with Crippen LogP contribution in [0.5, 0.6) is 0 Å². The van der Waals surface area contributed by atoms with Crippen LogP contribution in [0.2, 0.25) is 0 Å². The van der Waals surface area contributed by atoms with Gasteiger partial charge in [-0.25, -0.2) is 9.78 Å². The van der Waals surface area contributed by atoms with Crippen LogP contribution in [0.4, 0.5) is 11.4 Å². The number of nitrogens with zero attached hydrogens (tertiary/aromatic N) is 3. The number of anilines is 1. The van der Waals surface area contributed by atoms with E-state index in [-0.39, 0.29) is 5.91 Å². The second-order valence-corrected chi connectivity index (χ2v) is 9.76. The van der Waals surface area contributed by atoms with Gasteiger partial charge in [-0.2, -0.15) is 0 Å². The fourth-order valence-electron chi connectivity index (χ4n) is 4.61. The summed E-state index contributed by atoms with van der Waals surface area (Å²) in [5, 5.41) is 2.93. The zero-order chi connectivity index (χ0) is 25.9. The van der Waals surface area contributed by atoms with E-state index in [0.29, 0.717) is 17.0 Å². The molecule has 1 aliphatic rings. The molecule has 0 radical (unpaired) electrons. The number of aliphatic imine (C=N–C) groups is 1. The lowest BCUT2D eigenvalue weighted by atomic mass is 9.90. The van der Waals surface area contributed by atoms with Gasteiger partial charge in [-0.1, -0.05) is 38.1 Å². The molecule has 5 rings (SSSR count). The molecule has 1 N–H and O–H groups in total. The molecule has 1 amide bonds. The standard InChI is InChI=1S/C29H28N4O3S/c1-4-33(5-2)16-18-6-10-21(11-7-18)31-27(19-9-13-25-24(14-19)30-17-37-25)26-22-12-8-20(29(35)36-3)15-23(22)32-28(26)34/h6-15,17,26H,4-5,16H2,1-3H3,(H,32,34). The number of rotatable bonds is 8. The van der Waals surface area contributed by atoms with Crippen molar-refractivity contribution in [2.24, 2.45) is 4.99 Å². The maximum Gasteiger partial charge on any atom is 0.337 e. The van der Waals surface area contributed by atoms with Crippen molar-refractivity contribution in [3.8, 4) is 0 Å². The van der Waals surface area contributed by atoms with E-state index >= 15 is 0 Å². The summed E-state index contributed by atoms with van der Waals surface area (Å²) in [5.74, 6) is -1.27. The summed E-state index contributed by atoms with van der Waals surface area (Å²) in [7, 11) is 1.34. The van der Waals surface area contributed by atoms with Crippen molar-refractivity contribution in [1.29, 1.82) is 0 Å². The number of fused-ring (bicyclic) bond motifs is 2. The highest BCUT2D eigenvalue weighted by Gasteiger charge is 2.36. The Hall–Kier alpha value is -3.88. The number of thiazole rings is 1. The Morgan fingerprint density at radius 3 is 2.54 bits per heavy atom. The molecule has 0 saturated carbocycles. The number of nitrogens with one attached hydrogen (secondary N) is 1. The zero-order valence-electron chi connectivity index (χ0n) is 21.0. The van der Waals surface area contributed by atoms with E-state index in [1.54, 1.807) is 29.5 Å². The Labute approximate surface area is 219 Å². The summed E-state index contributed by atoms with van der Waals surface area (Å²) in [6.45, 7) is 7.19. The summed E-state index contributed by atoms with van der Waals surface area (Å²) in [4.78, 5) is 37.2. The van der Waals surface area contributed by atoms with Gasteiger partial charge in [0.15, 0.2) is 0 Å². The molecule has 4 aromatic rings. The molecule has 37 heavy (non-hydrogen) atoms. The van der Waals surface area contributed by atoms with E-state index in [9.17, 15) is 9.59 Å². The van der Waals surface area contributed by atoms with Crippen molar-refractivity contribution < 1.29 is 14.3 Å². The Morgan fingerprint density at radius 1 is 1.05 bits per heavy atom. The lowest BCUT2D eigenvalue weighted by Gasteiger charge is -2.18. The number of ether oxygens (including phenoxy) is 1. The first-order valence-electron chi connectivity index (χ1n) is 12.3. The summed E-state index contributed by atoms with van der Waals surface area (Å²) < 4.78 is 5.91. The first kappa shape index (κ1) is 24.8. The topological polar surface area (TPSA) is 83.9 Å². The number of amides is 1. The average Bonchev–Trinajstić information content (AvgIpc) is 3.53. The van der Waals surface area contributed by atoms with Crippen LogP contribution in [-0.4, -0.2) is 47.7 Å². The monoisotopic (exact) mass is 512 g/mol. The normalized spacial score (nSPS) is 15.2. The van der Waals surface area contributed by atoms with Crippen LogP contribution < -0.4 is 5.32 Å². The van der Waals surface area contributed by atoms with E-state index in [2.05, 4.69) is 41.2 Å². The molecule has 0 spiro atoms. The molecule has 1 unspecified atom stereocenters. The molecular weight excluding hydrogens is 484 g/mol. The van der Waals surface area contributed by atoms with E-state index in [1.165, 1.54) is 12.7 Å². The smallest absolute Gasteiger partial charge is 0.337 e. The highest BCUT2D eigenvalue weighted by atomic mass is 32.1. The molecule has 0 saturated heterocycles. The number of aromatic nitrogens is 1. The van der Waals surface area contributed by atoms with E-state index in [0.717, 1.165) is 46.7 Å². The lowest BCUT2D eigenvalue weighted by molar-refractivity contribution is -0.115. The third-order valence-corrected chi connectivity index (χ3v) is 7.50. The maximum absolute atomic E-state index is 13.3. The summed E-state index contributed by atoms with van der Waals surface area (Å²) in [6, 6.07) is 19.3. The molecule has 1 aliphatic heterocycles. The van der Waals surface area contributed by atoms with Crippen LogP contribution in [0.15, 0.2) is 71.2 Å². The predicted octanol–water partition coefficient (Wildman–Crippen LogP) is 5.78. The van der Waals surface area contributed by atoms with E-state index < -0.39 is 11.9 Å². The van der Waals surface area contributed by atoms with Crippen molar-refractivity contribution in [3.63, 3.8) is 0 Å². The third kappa shape index (κ3) is 5.03. The van der Waals surface area contributed by atoms with Crippen LogP contribution >= 0.6 is 11.3 Å². The Morgan fingerprint density at radius 2 is 1.81 bits per heavy atom. The fourth-order valence-corrected chi connectivity index (χ4v) is 5.27. The Kier molecular flexibility index (Phi) is 7.12. The van der Waals surface area contributed by atoms with Crippen LogP contribution in [0.1, 0.15) is 46.8 Å². The molecule has 0 aliphatic carbocycles. The first-order chi connectivity index (χ1) is 18.0. The predicted molar refractivity (Wildman–Crippen MR) is 148 cm³/mol. The van der Waals surface area contributed by atoms with Gasteiger partial charge in [0.1, 0.15) is 5.92 Å². The third-order valence-electron chi connectivity index (χ3n) is 6.69. The fraction of sp³-hybridized carbons (Fsp3) is 0.241.